The van der Waals surface area contributed by atoms with Crippen LogP contribution < -0.4 is 14.9 Å². The summed E-state index contributed by atoms with van der Waals surface area (Å²) in [5.41, 5.74) is 6.30. The third-order valence-corrected chi connectivity index (χ3v) is 13.0. The molecule has 12 heteroatoms. The van der Waals surface area contributed by atoms with Crippen molar-refractivity contribution >= 4 is 50.8 Å². The Labute approximate surface area is 335 Å². The van der Waals surface area contributed by atoms with E-state index in [1.165, 1.54) is 15.4 Å². The lowest BCUT2D eigenvalue weighted by Gasteiger charge is -2.36. The number of pyridine rings is 1. The zero-order valence-corrected chi connectivity index (χ0v) is 34.4. The molecule has 1 saturated heterocycles. The number of anilines is 2. The fourth-order valence-electron chi connectivity index (χ4n) is 6.55. The van der Waals surface area contributed by atoms with Gasteiger partial charge in [0.1, 0.15) is 0 Å². The van der Waals surface area contributed by atoms with E-state index < -0.39 is 15.9 Å². The van der Waals surface area contributed by atoms with Crippen molar-refractivity contribution in [2.75, 3.05) is 69.0 Å². The Kier molecular flexibility index (Phi) is 13.9. The molecule has 1 aromatic heterocycles. The number of thioether (sulfide) groups is 2. The van der Waals surface area contributed by atoms with E-state index in [1.54, 1.807) is 53.9 Å². The number of carbonyl (C=O) groups is 1. The molecule has 1 aliphatic heterocycles. The number of hydrogen-bond donors (Lipinski definition) is 2. The molecule has 1 fully saturated rings. The molecular weight excluding hydrogens is 745 g/mol. The molecule has 0 radical (unpaired) electrons. The molecule has 0 saturated carbocycles. The molecule has 2 N–H and O–H groups in total. The van der Waals surface area contributed by atoms with E-state index in [9.17, 15) is 13.2 Å². The van der Waals surface area contributed by atoms with Gasteiger partial charge in [0.05, 0.1) is 10.6 Å². The van der Waals surface area contributed by atoms with Gasteiger partial charge in [0.15, 0.2) is 0 Å². The summed E-state index contributed by atoms with van der Waals surface area (Å²) in [6.07, 6.45) is 4.86. The Morgan fingerprint density at radius 3 is 2.27 bits per heavy atom. The van der Waals surface area contributed by atoms with E-state index in [0.29, 0.717) is 0 Å². The van der Waals surface area contributed by atoms with Crippen molar-refractivity contribution in [3.8, 4) is 11.3 Å². The molecular formula is C43H50N6O3S3. The van der Waals surface area contributed by atoms with Gasteiger partial charge in [0.2, 0.25) is 0 Å². The highest BCUT2D eigenvalue weighted by Crippen LogP contribution is 2.27. The van der Waals surface area contributed by atoms with Crippen LogP contribution >= 0.6 is 23.5 Å². The van der Waals surface area contributed by atoms with Crippen molar-refractivity contribution in [1.29, 1.82) is 0 Å². The molecule has 288 valence electrons. The fourth-order valence-corrected chi connectivity index (χ4v) is 9.01. The van der Waals surface area contributed by atoms with E-state index in [4.69, 9.17) is 4.98 Å². The number of hydrogen-bond acceptors (Lipinski definition) is 10. The summed E-state index contributed by atoms with van der Waals surface area (Å²) < 4.78 is 29.0. The second kappa shape index (κ2) is 19.0. The van der Waals surface area contributed by atoms with Crippen molar-refractivity contribution in [2.24, 2.45) is 0 Å². The molecule has 0 bridgehead atoms. The average molecular weight is 795 g/mol. The highest BCUT2D eigenvalue weighted by molar-refractivity contribution is 7.99. The molecule has 2 heterocycles. The summed E-state index contributed by atoms with van der Waals surface area (Å²) in [5, 5.41) is 3.64. The molecule has 0 unspecified atom stereocenters. The van der Waals surface area contributed by atoms with Crippen molar-refractivity contribution in [3.05, 3.63) is 132 Å². The highest BCUT2D eigenvalue weighted by Gasteiger charge is 2.22. The predicted molar refractivity (Wildman–Crippen MR) is 229 cm³/mol. The number of nitrogens with zero attached hydrogens (tertiary/aromatic N) is 4. The number of aromatic nitrogens is 1. The van der Waals surface area contributed by atoms with Gasteiger partial charge >= 0.3 is 0 Å². The van der Waals surface area contributed by atoms with Crippen LogP contribution in [-0.4, -0.2) is 94.0 Å². The van der Waals surface area contributed by atoms with Crippen molar-refractivity contribution in [3.63, 3.8) is 0 Å². The average Bonchev–Trinajstić information content (AvgIpc) is 3.20. The lowest BCUT2D eigenvalue weighted by molar-refractivity contribution is 0.0981. The molecule has 9 nitrogen and oxygen atoms in total. The summed E-state index contributed by atoms with van der Waals surface area (Å²) in [5.74, 6) is 0.206. The SMILES string of the molecule is CSc1ccc(-c2ncccc2CN2CCN(c3ccc(C(=O)NS(=O)(=O)c4ccc(N[C@H](CCN(C)C)CSc5ccccc5)c(C)c4)cc3)CC2)cc1. The molecule has 4 aromatic carbocycles. The van der Waals surface area contributed by atoms with Crippen molar-refractivity contribution < 1.29 is 13.2 Å². The molecule has 1 aliphatic rings. The van der Waals surface area contributed by atoms with Gasteiger partial charge in [-0.1, -0.05) is 36.4 Å². The minimum atomic E-state index is -4.09. The second-order valence-electron chi connectivity index (χ2n) is 14.0. The van der Waals surface area contributed by atoms with Gasteiger partial charge in [-0.3, -0.25) is 14.7 Å². The first kappa shape index (κ1) is 40.3. The van der Waals surface area contributed by atoms with Crippen LogP contribution in [0.3, 0.4) is 0 Å². The van der Waals surface area contributed by atoms with Gasteiger partial charge in [-0.2, -0.15) is 0 Å². The number of nitrogens with one attached hydrogen (secondary N) is 2. The van der Waals surface area contributed by atoms with Crippen LogP contribution in [0, 0.1) is 6.92 Å². The quantitative estimate of drug-likeness (QED) is 0.0966. The van der Waals surface area contributed by atoms with Crippen LogP contribution in [0.4, 0.5) is 11.4 Å². The summed E-state index contributed by atoms with van der Waals surface area (Å²) in [4.78, 5) is 27.3. The molecule has 0 spiro atoms. The summed E-state index contributed by atoms with van der Waals surface area (Å²) >= 11 is 3.53. The molecule has 55 heavy (non-hydrogen) atoms. The standard InChI is InChI=1S/C43H50N6O3S3/c1-32-29-40(20-21-41(32)45-36(22-24-47(2)3)31-54-39-10-6-5-7-11-39)55(51,52)46-43(50)34-12-16-37(17-13-34)49-27-25-48(26-28-49)30-35-9-8-23-44-42(35)33-14-18-38(53-4)19-15-33/h5-21,23,29,36,45H,22,24-28,30-31H2,1-4H3,(H,46,50)/t36-/m1/s1. The number of benzene rings is 4. The van der Waals surface area contributed by atoms with Crippen molar-refractivity contribution in [2.45, 2.75) is 40.6 Å². The largest absolute Gasteiger partial charge is 0.381 e. The minimum absolute atomic E-state index is 0.0498. The van der Waals surface area contributed by atoms with E-state index in [0.717, 1.165) is 79.6 Å². The van der Waals surface area contributed by atoms with Gasteiger partial charge in [0.25, 0.3) is 15.9 Å². The van der Waals surface area contributed by atoms with Gasteiger partial charge < -0.3 is 15.1 Å². The van der Waals surface area contributed by atoms with E-state index in [2.05, 4.69) is 87.6 Å². The zero-order chi connectivity index (χ0) is 38.8. The van der Waals surface area contributed by atoms with E-state index in [-0.39, 0.29) is 16.5 Å². The number of carbonyl (C=O) groups excluding carboxylic acids is 1. The first-order valence-electron chi connectivity index (χ1n) is 18.5. The Balaban J connectivity index is 1.02. The lowest BCUT2D eigenvalue weighted by atomic mass is 10.1. The van der Waals surface area contributed by atoms with Gasteiger partial charge in [-0.25, -0.2) is 13.1 Å². The Hall–Kier alpha value is -4.33. The number of rotatable bonds is 16. The zero-order valence-electron chi connectivity index (χ0n) is 31.9. The number of aryl methyl sites for hydroxylation is 1. The third-order valence-electron chi connectivity index (χ3n) is 9.73. The molecule has 6 rings (SSSR count). The summed E-state index contributed by atoms with van der Waals surface area (Å²) in [6.45, 7) is 7.07. The van der Waals surface area contributed by atoms with Crippen LogP contribution in [0.1, 0.15) is 27.9 Å². The number of piperazine rings is 1. The van der Waals surface area contributed by atoms with Gasteiger partial charge in [-0.05, 0) is 124 Å². The molecule has 1 amide bonds. The Bertz CT molecular complexity index is 2120. The summed E-state index contributed by atoms with van der Waals surface area (Å²) in [6, 6.07) is 35.3. The third kappa shape index (κ3) is 11.1. The Morgan fingerprint density at radius 2 is 1.60 bits per heavy atom. The highest BCUT2D eigenvalue weighted by atomic mass is 32.2. The van der Waals surface area contributed by atoms with E-state index >= 15 is 0 Å². The smallest absolute Gasteiger partial charge is 0.264 e. The van der Waals surface area contributed by atoms with Crippen molar-refractivity contribution in [1.82, 2.24) is 19.5 Å². The molecule has 5 aromatic rings. The predicted octanol–water partition coefficient (Wildman–Crippen LogP) is 7.74. The molecule has 1 atom stereocenters. The molecule has 0 aliphatic carbocycles. The van der Waals surface area contributed by atoms with Crippen LogP contribution in [0.2, 0.25) is 0 Å². The topological polar surface area (TPSA) is 97.9 Å². The number of amides is 1. The van der Waals surface area contributed by atoms with Crippen LogP contribution in [0.15, 0.2) is 130 Å². The first-order valence-corrected chi connectivity index (χ1v) is 22.2. The number of sulfonamides is 1. The second-order valence-corrected chi connectivity index (χ2v) is 17.7. The van der Waals surface area contributed by atoms with Crippen LogP contribution in [0.5, 0.6) is 0 Å². The van der Waals surface area contributed by atoms with E-state index in [1.807, 2.05) is 49.5 Å². The fraction of sp³-hybridized carbons (Fsp3) is 0.302. The van der Waals surface area contributed by atoms with Crippen LogP contribution in [0.25, 0.3) is 11.3 Å². The maximum Gasteiger partial charge on any atom is 0.264 e. The maximum absolute atomic E-state index is 13.4. The Morgan fingerprint density at radius 1 is 0.873 bits per heavy atom. The lowest BCUT2D eigenvalue weighted by Crippen LogP contribution is -2.46. The summed E-state index contributed by atoms with van der Waals surface area (Å²) in [7, 11) is 0.0303. The minimum Gasteiger partial charge on any atom is -0.381 e. The maximum atomic E-state index is 13.4. The monoisotopic (exact) mass is 794 g/mol. The normalized spacial score (nSPS) is 14.2. The van der Waals surface area contributed by atoms with Gasteiger partial charge in [-0.15, -0.1) is 23.5 Å². The van der Waals surface area contributed by atoms with Crippen LogP contribution in [-0.2, 0) is 16.6 Å². The first-order chi connectivity index (χ1) is 26.6. The van der Waals surface area contributed by atoms with Gasteiger partial charge in [0, 0.05) is 83.0 Å².